The molecule has 0 saturated heterocycles. The molecule has 1 aromatic carbocycles. The van der Waals surface area contributed by atoms with Crippen molar-refractivity contribution in [3.63, 3.8) is 0 Å². The van der Waals surface area contributed by atoms with E-state index in [1.165, 1.54) is 11.1 Å². The fourth-order valence-electron chi connectivity index (χ4n) is 0.868. The van der Waals surface area contributed by atoms with Crippen LogP contribution in [-0.4, -0.2) is 27.9 Å². The van der Waals surface area contributed by atoms with Crippen LogP contribution >= 0.6 is 0 Å². The average Bonchev–Trinajstić information content (AvgIpc) is 2.05. The van der Waals surface area contributed by atoms with Crippen LogP contribution in [0.15, 0.2) is 33.7 Å². The summed E-state index contributed by atoms with van der Waals surface area (Å²) < 4.78 is 2.26. The summed E-state index contributed by atoms with van der Waals surface area (Å²) in [6, 6.07) is 10.5. The second-order valence-electron chi connectivity index (χ2n) is 2.34. The van der Waals surface area contributed by atoms with Gasteiger partial charge in [0.2, 0.25) is 0 Å². The van der Waals surface area contributed by atoms with Gasteiger partial charge in [0.25, 0.3) is 0 Å². The van der Waals surface area contributed by atoms with Crippen LogP contribution in [0, 0.1) is 0 Å². The van der Waals surface area contributed by atoms with Crippen molar-refractivity contribution in [3.05, 3.63) is 39.2 Å². The van der Waals surface area contributed by atoms with Gasteiger partial charge in [-0.25, -0.2) is 0 Å². The Hall–Kier alpha value is -0.0400. The van der Waals surface area contributed by atoms with Gasteiger partial charge in [-0.3, -0.25) is 0 Å². The summed E-state index contributed by atoms with van der Waals surface area (Å²) in [4.78, 5) is 0. The van der Waals surface area contributed by atoms with Gasteiger partial charge >= 0.3 is 79.6 Å². The molecular formula is C9H9Na. The van der Waals surface area contributed by atoms with Crippen molar-refractivity contribution in [1.29, 1.82) is 0 Å². The van der Waals surface area contributed by atoms with Gasteiger partial charge in [-0.2, -0.15) is 0 Å². The van der Waals surface area contributed by atoms with E-state index in [-0.39, 0.29) is 0 Å². The van der Waals surface area contributed by atoms with E-state index >= 15 is 0 Å². The Morgan fingerprint density at radius 1 is 1.30 bits per heavy atom. The molecule has 0 bridgehead atoms. The summed E-state index contributed by atoms with van der Waals surface area (Å²) in [6.07, 6.45) is 0. The summed E-state index contributed by atoms with van der Waals surface area (Å²) in [6.45, 7) is 2.16. The zero-order chi connectivity index (χ0) is 7.40. The summed E-state index contributed by atoms with van der Waals surface area (Å²) in [5.74, 6) is 0. The van der Waals surface area contributed by atoms with Crippen molar-refractivity contribution >= 4 is 33.5 Å². The van der Waals surface area contributed by atoms with Gasteiger partial charge in [0, 0.05) is 0 Å². The third-order valence-corrected chi connectivity index (χ3v) is 2.53. The Bertz CT molecular complexity index is 224. The van der Waals surface area contributed by atoms with Gasteiger partial charge in [0.05, 0.1) is 0 Å². The standard InChI is InChI=1S/C9H9.Na/c1-8(2)9-6-4-3-5-7-9;/h1,3-7H,2H3;. The summed E-state index contributed by atoms with van der Waals surface area (Å²) in [7, 11) is 0. The molecule has 0 aliphatic heterocycles. The van der Waals surface area contributed by atoms with E-state index in [0.717, 1.165) is 27.9 Å². The Balaban J connectivity index is 2.96. The molecule has 0 unspecified atom stereocenters. The second kappa shape index (κ2) is 3.97. The summed E-state index contributed by atoms with van der Waals surface area (Å²) in [5.41, 5.74) is 2.74. The van der Waals surface area contributed by atoms with E-state index in [9.17, 15) is 0 Å². The molecule has 1 aromatic rings. The molecule has 0 heterocycles. The number of rotatable bonds is 1. The normalized spacial score (nSPS) is 11.7. The number of hydrogen-bond acceptors (Lipinski definition) is 0. The van der Waals surface area contributed by atoms with E-state index in [0.29, 0.717) is 0 Å². The van der Waals surface area contributed by atoms with Crippen LogP contribution in [0.4, 0.5) is 0 Å². The first-order valence-corrected chi connectivity index (χ1v) is 4.68. The Labute approximate surface area is 79.4 Å². The first kappa shape index (κ1) is 8.06. The SMILES string of the molecule is CC(=[CH][Na])c1ccccc1. The van der Waals surface area contributed by atoms with Gasteiger partial charge < -0.3 is 0 Å². The van der Waals surface area contributed by atoms with E-state index in [2.05, 4.69) is 34.5 Å². The van der Waals surface area contributed by atoms with Crippen LogP contribution in [0.2, 0.25) is 0 Å². The minimum absolute atomic E-state index is 1.15. The van der Waals surface area contributed by atoms with Gasteiger partial charge in [-0.1, -0.05) is 0 Å². The molecule has 46 valence electrons. The maximum atomic E-state index is 2.26. The molecule has 0 aliphatic rings. The number of hydrogen-bond donors (Lipinski definition) is 0. The molecule has 0 N–H and O–H groups in total. The first-order chi connectivity index (χ1) is 4.84. The van der Waals surface area contributed by atoms with Gasteiger partial charge in [0.1, 0.15) is 0 Å². The summed E-state index contributed by atoms with van der Waals surface area (Å²) in [5, 5.41) is 0. The number of allylic oxidation sites excluding steroid dienone is 1. The topological polar surface area (TPSA) is 0 Å². The third kappa shape index (κ3) is 1.98. The van der Waals surface area contributed by atoms with Crippen molar-refractivity contribution < 1.29 is 0 Å². The Morgan fingerprint density at radius 3 is 2.40 bits per heavy atom. The molecular weight excluding hydrogens is 131 g/mol. The molecule has 0 spiro atoms. The Morgan fingerprint density at radius 2 is 1.90 bits per heavy atom. The molecule has 0 atom stereocenters. The third-order valence-electron chi connectivity index (χ3n) is 1.66. The molecule has 0 aliphatic carbocycles. The molecule has 0 aromatic heterocycles. The zero-order valence-corrected chi connectivity index (χ0v) is 8.46. The Kier molecular flexibility index (Phi) is 3.20. The van der Waals surface area contributed by atoms with Crippen LogP contribution in [0.1, 0.15) is 12.5 Å². The minimum atomic E-state index is 1.15. The van der Waals surface area contributed by atoms with Crippen molar-refractivity contribution in [2.45, 2.75) is 6.92 Å². The maximum absolute atomic E-state index is 2.26. The van der Waals surface area contributed by atoms with Crippen LogP contribution in [0.3, 0.4) is 0 Å². The molecule has 0 fully saturated rings. The molecule has 10 heavy (non-hydrogen) atoms. The van der Waals surface area contributed by atoms with Crippen LogP contribution < -0.4 is 0 Å². The van der Waals surface area contributed by atoms with Crippen molar-refractivity contribution in [1.82, 2.24) is 0 Å². The molecule has 0 nitrogen and oxygen atoms in total. The fourth-order valence-corrected chi connectivity index (χ4v) is 1.20. The molecule has 0 amide bonds. The predicted octanol–water partition coefficient (Wildman–Crippen LogP) is 2.22. The summed E-state index contributed by atoms with van der Waals surface area (Å²) >= 11 is 1.15. The molecule has 1 heteroatoms. The first-order valence-electron chi connectivity index (χ1n) is 3.53. The van der Waals surface area contributed by atoms with Gasteiger partial charge in [0.15, 0.2) is 0 Å². The van der Waals surface area contributed by atoms with Gasteiger partial charge in [-0.15, -0.1) is 0 Å². The van der Waals surface area contributed by atoms with Crippen molar-refractivity contribution in [3.8, 4) is 0 Å². The number of benzene rings is 1. The van der Waals surface area contributed by atoms with E-state index in [1.54, 1.807) is 0 Å². The average molecular weight is 140 g/mol. The zero-order valence-electron chi connectivity index (χ0n) is 6.46. The van der Waals surface area contributed by atoms with Crippen LogP contribution in [0.5, 0.6) is 0 Å². The molecule has 1 rings (SSSR count). The van der Waals surface area contributed by atoms with E-state index < -0.39 is 0 Å². The monoisotopic (exact) mass is 140 g/mol. The van der Waals surface area contributed by atoms with Crippen molar-refractivity contribution in [2.75, 3.05) is 0 Å². The quantitative estimate of drug-likeness (QED) is 0.524. The predicted molar refractivity (Wildman–Crippen MR) is 45.8 cm³/mol. The van der Waals surface area contributed by atoms with E-state index in [1.807, 2.05) is 6.07 Å². The second-order valence-corrected chi connectivity index (χ2v) is 2.92. The van der Waals surface area contributed by atoms with Gasteiger partial charge in [-0.05, 0) is 0 Å². The fraction of sp³-hybridized carbons (Fsp3) is 0.111. The van der Waals surface area contributed by atoms with Crippen LogP contribution in [-0.2, 0) is 0 Å². The van der Waals surface area contributed by atoms with E-state index in [4.69, 9.17) is 0 Å². The van der Waals surface area contributed by atoms with Crippen LogP contribution in [0.25, 0.3) is 5.57 Å². The van der Waals surface area contributed by atoms with Crippen molar-refractivity contribution in [2.24, 2.45) is 0 Å². The molecule has 0 radical (unpaired) electrons. The molecule has 0 saturated carbocycles.